The number of ether oxygens (including phenoxy) is 1. The summed E-state index contributed by atoms with van der Waals surface area (Å²) in [6.07, 6.45) is 5.18. The fourth-order valence-corrected chi connectivity index (χ4v) is 2.28. The Kier molecular flexibility index (Phi) is 1.90. The molecule has 0 aromatic rings. The third kappa shape index (κ3) is 1.42. The zero-order chi connectivity index (χ0) is 7.73. The minimum Gasteiger partial charge on any atom is -0.374 e. The molecule has 2 heteroatoms. The number of likely N-dealkylation sites (N-methyl/N-ethyl adjacent to an activating group) is 1. The normalized spacial score (nSPS) is 40.1. The predicted octanol–water partition coefficient (Wildman–Crippen LogP) is 1.26. The van der Waals surface area contributed by atoms with Crippen molar-refractivity contribution >= 4 is 0 Å². The quantitative estimate of drug-likeness (QED) is 0.522. The second-order valence-corrected chi connectivity index (χ2v) is 3.98. The molecule has 64 valence electrons. The van der Waals surface area contributed by atoms with Crippen LogP contribution in [0.25, 0.3) is 0 Å². The highest BCUT2D eigenvalue weighted by Gasteiger charge is 2.38. The highest BCUT2D eigenvalue weighted by atomic mass is 16.5. The van der Waals surface area contributed by atoms with Crippen molar-refractivity contribution in [1.82, 2.24) is 4.90 Å². The Balaban J connectivity index is 1.98. The largest absolute Gasteiger partial charge is 0.374 e. The molecule has 0 amide bonds. The van der Waals surface area contributed by atoms with Gasteiger partial charge >= 0.3 is 0 Å². The molecule has 11 heavy (non-hydrogen) atoms. The van der Waals surface area contributed by atoms with E-state index < -0.39 is 0 Å². The van der Waals surface area contributed by atoms with Crippen LogP contribution in [0, 0.1) is 0 Å². The summed E-state index contributed by atoms with van der Waals surface area (Å²) in [6.45, 7) is 3.38. The predicted molar refractivity (Wildman–Crippen MR) is 44.6 cm³/mol. The Bertz CT molecular complexity index is 135. The standard InChI is InChI=1S/C9H17NO/c1-10-6-5-9(8-10)4-2-3-7-11-9/h2-8H2,1H3/t9-/m1/s1. The Labute approximate surface area is 68.5 Å². The molecule has 0 aromatic carbocycles. The van der Waals surface area contributed by atoms with E-state index in [2.05, 4.69) is 11.9 Å². The average Bonchev–Trinajstić information content (AvgIpc) is 2.34. The van der Waals surface area contributed by atoms with E-state index in [1.807, 2.05) is 0 Å². The van der Waals surface area contributed by atoms with Crippen LogP contribution < -0.4 is 0 Å². The molecule has 2 nitrogen and oxygen atoms in total. The molecule has 0 N–H and O–H groups in total. The Morgan fingerprint density at radius 2 is 2.18 bits per heavy atom. The first-order valence-corrected chi connectivity index (χ1v) is 4.63. The van der Waals surface area contributed by atoms with Crippen LogP contribution in [0.2, 0.25) is 0 Å². The third-order valence-electron chi connectivity index (χ3n) is 2.94. The van der Waals surface area contributed by atoms with Crippen molar-refractivity contribution in [3.05, 3.63) is 0 Å². The Morgan fingerprint density at radius 1 is 1.27 bits per heavy atom. The van der Waals surface area contributed by atoms with Crippen molar-refractivity contribution in [3.63, 3.8) is 0 Å². The molecule has 0 radical (unpaired) electrons. The molecule has 2 aliphatic heterocycles. The van der Waals surface area contributed by atoms with E-state index >= 15 is 0 Å². The summed E-state index contributed by atoms with van der Waals surface area (Å²) in [6, 6.07) is 0. The first-order valence-electron chi connectivity index (χ1n) is 4.63. The second-order valence-electron chi connectivity index (χ2n) is 3.98. The number of hydrogen-bond donors (Lipinski definition) is 0. The molecule has 2 fully saturated rings. The van der Waals surface area contributed by atoms with E-state index in [4.69, 9.17) is 4.74 Å². The summed E-state index contributed by atoms with van der Waals surface area (Å²) in [5.41, 5.74) is 0.271. The van der Waals surface area contributed by atoms with Gasteiger partial charge in [-0.25, -0.2) is 0 Å². The van der Waals surface area contributed by atoms with Crippen LogP contribution >= 0.6 is 0 Å². The van der Waals surface area contributed by atoms with Gasteiger partial charge in [0, 0.05) is 19.7 Å². The fourth-order valence-electron chi connectivity index (χ4n) is 2.28. The molecular weight excluding hydrogens is 138 g/mol. The third-order valence-corrected chi connectivity index (χ3v) is 2.94. The highest BCUT2D eigenvalue weighted by molar-refractivity contribution is 4.92. The first-order chi connectivity index (χ1) is 5.31. The minimum absolute atomic E-state index is 0.271. The van der Waals surface area contributed by atoms with Crippen LogP contribution in [-0.2, 0) is 4.74 Å². The summed E-state index contributed by atoms with van der Waals surface area (Å²) in [5, 5.41) is 0. The number of likely N-dealkylation sites (tertiary alicyclic amines) is 1. The van der Waals surface area contributed by atoms with E-state index in [0.29, 0.717) is 0 Å². The molecule has 2 heterocycles. The van der Waals surface area contributed by atoms with E-state index in [9.17, 15) is 0 Å². The number of nitrogens with zero attached hydrogens (tertiary/aromatic N) is 1. The summed E-state index contributed by atoms with van der Waals surface area (Å²) in [4.78, 5) is 2.38. The zero-order valence-corrected chi connectivity index (χ0v) is 7.31. The van der Waals surface area contributed by atoms with Crippen LogP contribution in [0.5, 0.6) is 0 Å². The van der Waals surface area contributed by atoms with Gasteiger partial charge in [-0.2, -0.15) is 0 Å². The molecule has 0 unspecified atom stereocenters. The van der Waals surface area contributed by atoms with Crippen molar-refractivity contribution < 1.29 is 4.74 Å². The van der Waals surface area contributed by atoms with Gasteiger partial charge in [0.05, 0.1) is 5.60 Å². The summed E-state index contributed by atoms with van der Waals surface area (Å²) < 4.78 is 5.86. The second kappa shape index (κ2) is 2.76. The van der Waals surface area contributed by atoms with Crippen LogP contribution in [0.4, 0.5) is 0 Å². The van der Waals surface area contributed by atoms with Gasteiger partial charge in [0.1, 0.15) is 0 Å². The lowest BCUT2D eigenvalue weighted by Crippen LogP contribution is -2.38. The lowest BCUT2D eigenvalue weighted by molar-refractivity contribution is -0.0684. The van der Waals surface area contributed by atoms with Gasteiger partial charge in [-0.3, -0.25) is 0 Å². The maximum atomic E-state index is 5.86. The smallest absolute Gasteiger partial charge is 0.0820 e. The SMILES string of the molecule is CN1CC[C@]2(CCCCO2)C1. The molecule has 2 aliphatic rings. The van der Waals surface area contributed by atoms with Crippen molar-refractivity contribution in [1.29, 1.82) is 0 Å². The topological polar surface area (TPSA) is 12.5 Å². The lowest BCUT2D eigenvalue weighted by Gasteiger charge is -2.33. The van der Waals surface area contributed by atoms with Crippen molar-refractivity contribution in [2.24, 2.45) is 0 Å². The molecule has 2 rings (SSSR count). The minimum atomic E-state index is 0.271. The molecule has 1 atom stereocenters. The molecular formula is C9H17NO. The van der Waals surface area contributed by atoms with Gasteiger partial charge < -0.3 is 9.64 Å². The maximum Gasteiger partial charge on any atom is 0.0820 e. The zero-order valence-electron chi connectivity index (χ0n) is 7.31. The van der Waals surface area contributed by atoms with E-state index in [0.717, 1.165) is 13.2 Å². The van der Waals surface area contributed by atoms with Gasteiger partial charge in [0.15, 0.2) is 0 Å². The van der Waals surface area contributed by atoms with Crippen LogP contribution in [-0.4, -0.2) is 37.2 Å². The van der Waals surface area contributed by atoms with Gasteiger partial charge in [0.2, 0.25) is 0 Å². The van der Waals surface area contributed by atoms with Gasteiger partial charge in [-0.15, -0.1) is 0 Å². The summed E-state index contributed by atoms with van der Waals surface area (Å²) in [7, 11) is 2.19. The molecule has 0 aromatic heterocycles. The molecule has 0 aliphatic carbocycles. The van der Waals surface area contributed by atoms with E-state index in [1.54, 1.807) is 0 Å². The average molecular weight is 155 g/mol. The number of rotatable bonds is 0. The Morgan fingerprint density at radius 3 is 2.73 bits per heavy atom. The van der Waals surface area contributed by atoms with Gasteiger partial charge in [-0.1, -0.05) is 0 Å². The van der Waals surface area contributed by atoms with E-state index in [1.165, 1.54) is 32.2 Å². The van der Waals surface area contributed by atoms with Crippen molar-refractivity contribution in [3.8, 4) is 0 Å². The van der Waals surface area contributed by atoms with Gasteiger partial charge in [-0.05, 0) is 32.7 Å². The molecule has 0 saturated carbocycles. The van der Waals surface area contributed by atoms with Crippen LogP contribution in [0.1, 0.15) is 25.7 Å². The summed E-state index contributed by atoms with van der Waals surface area (Å²) in [5.74, 6) is 0. The monoisotopic (exact) mass is 155 g/mol. The molecule has 2 saturated heterocycles. The highest BCUT2D eigenvalue weighted by Crippen LogP contribution is 2.32. The first kappa shape index (κ1) is 7.56. The molecule has 1 spiro atoms. The lowest BCUT2D eigenvalue weighted by atomic mass is 9.93. The Hall–Kier alpha value is -0.0800. The van der Waals surface area contributed by atoms with Gasteiger partial charge in [0.25, 0.3) is 0 Å². The van der Waals surface area contributed by atoms with E-state index in [-0.39, 0.29) is 5.60 Å². The summed E-state index contributed by atoms with van der Waals surface area (Å²) >= 11 is 0. The fraction of sp³-hybridized carbons (Fsp3) is 1.00. The van der Waals surface area contributed by atoms with Crippen molar-refractivity contribution in [2.75, 3.05) is 26.7 Å². The maximum absolute atomic E-state index is 5.86. The number of hydrogen-bond acceptors (Lipinski definition) is 2. The van der Waals surface area contributed by atoms with Crippen molar-refractivity contribution in [2.45, 2.75) is 31.3 Å². The molecule has 0 bridgehead atoms. The van der Waals surface area contributed by atoms with Crippen LogP contribution in [0.15, 0.2) is 0 Å². The van der Waals surface area contributed by atoms with Crippen LogP contribution in [0.3, 0.4) is 0 Å².